The van der Waals surface area contributed by atoms with Crippen LogP contribution in [0.2, 0.25) is 10.0 Å². The Bertz CT molecular complexity index is 1140. The summed E-state index contributed by atoms with van der Waals surface area (Å²) in [5.41, 5.74) is 2.27. The molecule has 0 fully saturated rings. The van der Waals surface area contributed by atoms with E-state index < -0.39 is 11.6 Å². The third-order valence-electron chi connectivity index (χ3n) is 4.66. The first-order valence-corrected chi connectivity index (χ1v) is 10.8. The molecule has 3 aromatic rings. The van der Waals surface area contributed by atoms with Crippen LogP contribution in [0.15, 0.2) is 36.4 Å². The van der Waals surface area contributed by atoms with E-state index >= 15 is 0 Å². The monoisotopic (exact) mass is 542 g/mol. The van der Waals surface area contributed by atoms with Gasteiger partial charge in [-0.25, -0.2) is 9.48 Å². The van der Waals surface area contributed by atoms with Crippen LogP contribution < -0.4 is 4.74 Å². The third-order valence-corrected chi connectivity index (χ3v) is 5.87. The van der Waals surface area contributed by atoms with Crippen LogP contribution in [-0.4, -0.2) is 22.4 Å². The van der Waals surface area contributed by atoms with Gasteiger partial charge in [0.2, 0.25) is 0 Å². The molecule has 1 aliphatic heterocycles. The van der Waals surface area contributed by atoms with Crippen LogP contribution in [0.5, 0.6) is 5.75 Å². The molecule has 2 heterocycles. The van der Waals surface area contributed by atoms with Gasteiger partial charge in [-0.1, -0.05) is 23.2 Å². The molecule has 0 unspecified atom stereocenters. The maximum absolute atomic E-state index is 12.7. The van der Waals surface area contributed by atoms with Crippen molar-refractivity contribution in [1.82, 2.24) is 9.78 Å². The maximum Gasteiger partial charge on any atom is 0.359 e. The number of halogens is 3. The van der Waals surface area contributed by atoms with Crippen molar-refractivity contribution in [2.75, 3.05) is 6.61 Å². The number of esters is 1. The highest BCUT2D eigenvalue weighted by atomic mass is 127. The minimum absolute atomic E-state index is 0.210. The van der Waals surface area contributed by atoms with Crippen molar-refractivity contribution in [3.8, 4) is 22.7 Å². The molecule has 0 bridgehead atoms. The van der Waals surface area contributed by atoms with E-state index in [1.54, 1.807) is 29.8 Å². The lowest BCUT2D eigenvalue weighted by molar-refractivity contribution is 0.0500. The number of rotatable bonds is 3. The molecular weight excluding hydrogens is 526 g/mol. The Labute approximate surface area is 192 Å². The molecule has 5 nitrogen and oxygen atoms in total. The smallest absolute Gasteiger partial charge is 0.359 e. The summed E-state index contributed by atoms with van der Waals surface area (Å²) in [5.74, 6) is 0.217. The van der Waals surface area contributed by atoms with Gasteiger partial charge in [0, 0.05) is 14.2 Å². The highest BCUT2D eigenvalue weighted by Gasteiger charge is 2.41. The number of fused-ring (bicyclic) bond motifs is 3. The summed E-state index contributed by atoms with van der Waals surface area (Å²) in [4.78, 5) is 12.7. The van der Waals surface area contributed by atoms with E-state index in [1.165, 1.54) is 0 Å². The summed E-state index contributed by atoms with van der Waals surface area (Å²) < 4.78 is 14.3. The molecule has 0 N–H and O–H groups in total. The van der Waals surface area contributed by atoms with E-state index in [2.05, 4.69) is 27.7 Å². The zero-order valence-corrected chi connectivity index (χ0v) is 19.6. The number of carbonyl (C=O) groups excluding carboxylic acids is 1. The van der Waals surface area contributed by atoms with Gasteiger partial charge < -0.3 is 9.47 Å². The topological polar surface area (TPSA) is 53.3 Å². The Morgan fingerprint density at radius 2 is 2.00 bits per heavy atom. The molecule has 0 saturated carbocycles. The molecule has 0 saturated heterocycles. The second kappa shape index (κ2) is 7.49. The normalized spacial score (nSPS) is 14.0. The van der Waals surface area contributed by atoms with E-state index in [4.69, 9.17) is 32.7 Å². The fourth-order valence-corrected chi connectivity index (χ4v) is 4.46. The van der Waals surface area contributed by atoms with Gasteiger partial charge in [-0.3, -0.25) is 0 Å². The first kappa shape index (κ1) is 20.5. The van der Waals surface area contributed by atoms with Gasteiger partial charge in [0.1, 0.15) is 11.4 Å². The minimum Gasteiger partial charge on any atom is -0.482 e. The van der Waals surface area contributed by atoms with Crippen molar-refractivity contribution in [2.45, 2.75) is 26.4 Å². The lowest BCUT2D eigenvalue weighted by Gasteiger charge is -2.33. The number of benzene rings is 2. The molecule has 8 heteroatoms. The van der Waals surface area contributed by atoms with Gasteiger partial charge in [-0.05, 0) is 79.8 Å². The molecule has 4 rings (SSSR count). The second-order valence-electron chi connectivity index (χ2n) is 7.05. The first-order chi connectivity index (χ1) is 13.7. The Morgan fingerprint density at radius 3 is 2.69 bits per heavy atom. The number of hydrogen-bond acceptors (Lipinski definition) is 4. The van der Waals surface area contributed by atoms with Crippen molar-refractivity contribution in [3.63, 3.8) is 0 Å². The summed E-state index contributed by atoms with van der Waals surface area (Å²) in [6.45, 7) is 5.83. The molecule has 150 valence electrons. The van der Waals surface area contributed by atoms with E-state index in [0.717, 1.165) is 20.6 Å². The van der Waals surface area contributed by atoms with Crippen LogP contribution in [0.25, 0.3) is 16.9 Å². The average molecular weight is 543 g/mol. The molecule has 29 heavy (non-hydrogen) atoms. The largest absolute Gasteiger partial charge is 0.482 e. The Kier molecular flexibility index (Phi) is 5.29. The van der Waals surface area contributed by atoms with Crippen molar-refractivity contribution >= 4 is 51.8 Å². The molecule has 1 aromatic heterocycles. The fraction of sp³-hybridized carbons (Fsp3) is 0.238. The molecule has 2 aromatic carbocycles. The predicted molar refractivity (Wildman–Crippen MR) is 121 cm³/mol. The lowest BCUT2D eigenvalue weighted by atomic mass is 9.89. The third kappa shape index (κ3) is 3.51. The Morgan fingerprint density at radius 1 is 1.24 bits per heavy atom. The number of aromatic nitrogens is 2. The van der Waals surface area contributed by atoms with Crippen LogP contribution in [0.1, 0.15) is 36.8 Å². The molecule has 1 aliphatic rings. The molecule has 0 amide bonds. The maximum atomic E-state index is 12.7. The fourth-order valence-electron chi connectivity index (χ4n) is 3.51. The number of ether oxygens (including phenoxy) is 2. The Hall–Kier alpha value is -1.77. The summed E-state index contributed by atoms with van der Waals surface area (Å²) in [6.07, 6.45) is 0. The summed E-state index contributed by atoms with van der Waals surface area (Å²) >= 11 is 14.8. The van der Waals surface area contributed by atoms with Crippen molar-refractivity contribution < 1.29 is 14.3 Å². The summed E-state index contributed by atoms with van der Waals surface area (Å²) in [6, 6.07) is 11.1. The molecule has 0 aliphatic carbocycles. The standard InChI is InChI=1S/C21H17Cl2IN2O3/c1-4-28-20(27)18-17-19(26(25-18)15-8-5-11(22)9-14(15)23)13-7-6-12(24)10-16(13)29-21(17,2)3/h5-10H,4H2,1-3H3. The average Bonchev–Trinajstić information content (AvgIpc) is 3.03. The van der Waals surface area contributed by atoms with E-state index in [0.29, 0.717) is 21.3 Å². The van der Waals surface area contributed by atoms with Gasteiger partial charge in [0.25, 0.3) is 0 Å². The molecule has 0 atom stereocenters. The van der Waals surface area contributed by atoms with Crippen molar-refractivity contribution in [2.24, 2.45) is 0 Å². The van der Waals surface area contributed by atoms with Crippen LogP contribution in [0, 0.1) is 3.57 Å². The highest BCUT2D eigenvalue weighted by molar-refractivity contribution is 14.1. The predicted octanol–water partition coefficient (Wildman–Crippen LogP) is 6.25. The van der Waals surface area contributed by atoms with E-state index in [1.807, 2.05) is 32.0 Å². The molecular formula is C21H17Cl2IN2O3. The van der Waals surface area contributed by atoms with Gasteiger partial charge in [-0.15, -0.1) is 0 Å². The number of hydrogen-bond donors (Lipinski definition) is 0. The lowest BCUT2D eigenvalue weighted by Crippen LogP contribution is -2.31. The van der Waals surface area contributed by atoms with E-state index in [-0.39, 0.29) is 12.3 Å². The van der Waals surface area contributed by atoms with Crippen LogP contribution in [0.3, 0.4) is 0 Å². The molecule has 0 spiro atoms. The summed E-state index contributed by atoms with van der Waals surface area (Å²) in [7, 11) is 0. The van der Waals surface area contributed by atoms with Gasteiger partial charge >= 0.3 is 5.97 Å². The number of nitrogens with zero attached hydrogens (tertiary/aromatic N) is 2. The first-order valence-electron chi connectivity index (χ1n) is 8.98. The van der Waals surface area contributed by atoms with Crippen molar-refractivity contribution in [1.29, 1.82) is 0 Å². The minimum atomic E-state index is -0.800. The van der Waals surface area contributed by atoms with Crippen LogP contribution in [-0.2, 0) is 10.3 Å². The second-order valence-corrected chi connectivity index (χ2v) is 9.14. The van der Waals surface area contributed by atoms with Crippen molar-refractivity contribution in [3.05, 3.63) is 61.3 Å². The van der Waals surface area contributed by atoms with E-state index in [9.17, 15) is 4.79 Å². The van der Waals surface area contributed by atoms with Gasteiger partial charge in [-0.2, -0.15) is 5.10 Å². The highest BCUT2D eigenvalue weighted by Crippen LogP contribution is 2.48. The van der Waals surface area contributed by atoms with Crippen LogP contribution in [0.4, 0.5) is 0 Å². The van der Waals surface area contributed by atoms with Crippen LogP contribution >= 0.6 is 45.8 Å². The van der Waals surface area contributed by atoms with Gasteiger partial charge in [0.15, 0.2) is 5.69 Å². The zero-order chi connectivity index (χ0) is 20.9. The Balaban J connectivity index is 2.08. The number of carbonyl (C=O) groups is 1. The quantitative estimate of drug-likeness (QED) is 0.290. The SMILES string of the molecule is CCOC(=O)c1nn(-c2ccc(Cl)cc2Cl)c2c1C(C)(C)Oc1cc(I)ccc1-2. The van der Waals surface area contributed by atoms with Gasteiger partial charge in [0.05, 0.1) is 28.6 Å². The molecule has 0 radical (unpaired) electrons. The summed E-state index contributed by atoms with van der Waals surface area (Å²) in [5, 5.41) is 5.56. The zero-order valence-electron chi connectivity index (χ0n) is 15.9.